The first-order valence-electron chi connectivity index (χ1n) is 5.59. The third-order valence-corrected chi connectivity index (χ3v) is 2.38. The molecule has 2 aromatic rings. The molecule has 0 atom stereocenters. The van der Waals surface area contributed by atoms with Gasteiger partial charge in [0.25, 0.3) is 0 Å². The molecule has 1 radical (unpaired) electrons. The zero-order valence-corrected chi connectivity index (χ0v) is 12.0. The number of hydrogen-bond donors (Lipinski definition) is 4. The van der Waals surface area contributed by atoms with Crippen molar-refractivity contribution in [1.29, 1.82) is 0 Å². The predicted octanol–water partition coefficient (Wildman–Crippen LogP) is 1.93. The van der Waals surface area contributed by atoms with Gasteiger partial charge in [0.15, 0.2) is 0 Å². The standard InChI is InChI=1S/2C7H7NO2.Mn/c2*8-6-4-2-1-3-5(6)7(9)10;/h2*1-4H,8H2,(H,9,10);. The smallest absolute Gasteiger partial charge is 0.337 e. The summed E-state index contributed by atoms with van der Waals surface area (Å²) in [6.07, 6.45) is 0. The topological polar surface area (TPSA) is 127 Å². The molecule has 0 spiro atoms. The van der Waals surface area contributed by atoms with Crippen LogP contribution in [0.15, 0.2) is 48.5 Å². The molecule has 0 unspecified atom stereocenters. The van der Waals surface area contributed by atoms with Gasteiger partial charge in [-0.15, -0.1) is 0 Å². The SMILES string of the molecule is Nc1ccccc1C(=O)O.Nc1ccccc1C(=O)O.[Mn]. The number of hydrogen-bond acceptors (Lipinski definition) is 4. The molecule has 6 nitrogen and oxygen atoms in total. The van der Waals surface area contributed by atoms with Crippen molar-refractivity contribution in [3.8, 4) is 0 Å². The van der Waals surface area contributed by atoms with Crippen LogP contribution in [0.2, 0.25) is 0 Å². The molecule has 2 aromatic carbocycles. The van der Waals surface area contributed by atoms with E-state index in [0.29, 0.717) is 11.4 Å². The van der Waals surface area contributed by atoms with E-state index in [-0.39, 0.29) is 28.2 Å². The van der Waals surface area contributed by atoms with E-state index >= 15 is 0 Å². The summed E-state index contributed by atoms with van der Waals surface area (Å²) in [7, 11) is 0. The van der Waals surface area contributed by atoms with E-state index < -0.39 is 11.9 Å². The van der Waals surface area contributed by atoms with Gasteiger partial charge < -0.3 is 21.7 Å². The first kappa shape index (κ1) is 18.5. The second kappa shape index (κ2) is 8.63. The Morgan fingerprint density at radius 3 is 1.19 bits per heavy atom. The Hall–Kier alpha value is -2.50. The Kier molecular flexibility index (Phi) is 7.60. The molecule has 0 aromatic heterocycles. The molecule has 21 heavy (non-hydrogen) atoms. The fourth-order valence-electron chi connectivity index (χ4n) is 1.38. The summed E-state index contributed by atoms with van der Waals surface area (Å²) in [4.78, 5) is 20.7. The number of carboxylic acids is 2. The van der Waals surface area contributed by atoms with Gasteiger partial charge in [0, 0.05) is 28.4 Å². The van der Waals surface area contributed by atoms with Crippen molar-refractivity contribution >= 4 is 23.3 Å². The Bertz CT molecular complexity index is 576. The summed E-state index contributed by atoms with van der Waals surface area (Å²) in [5.41, 5.74) is 11.6. The van der Waals surface area contributed by atoms with E-state index in [1.54, 1.807) is 36.4 Å². The van der Waals surface area contributed by atoms with E-state index in [0.717, 1.165) is 0 Å². The van der Waals surface area contributed by atoms with Crippen LogP contribution in [0.5, 0.6) is 0 Å². The third kappa shape index (κ3) is 5.56. The van der Waals surface area contributed by atoms with Gasteiger partial charge in [-0.05, 0) is 24.3 Å². The van der Waals surface area contributed by atoms with Crippen molar-refractivity contribution in [3.63, 3.8) is 0 Å². The van der Waals surface area contributed by atoms with Crippen molar-refractivity contribution in [3.05, 3.63) is 59.7 Å². The fourth-order valence-corrected chi connectivity index (χ4v) is 1.38. The number of aromatic carboxylic acids is 2. The summed E-state index contributed by atoms with van der Waals surface area (Å²) in [5, 5.41) is 17.0. The van der Waals surface area contributed by atoms with Gasteiger partial charge in [-0.25, -0.2) is 9.59 Å². The van der Waals surface area contributed by atoms with Gasteiger partial charge in [-0.1, -0.05) is 24.3 Å². The maximum atomic E-state index is 10.3. The number of rotatable bonds is 2. The van der Waals surface area contributed by atoms with Crippen LogP contribution in [0, 0.1) is 0 Å². The molecule has 0 fully saturated rings. The van der Waals surface area contributed by atoms with Crippen molar-refractivity contribution in [2.45, 2.75) is 0 Å². The minimum atomic E-state index is -0.988. The average molecular weight is 329 g/mol. The minimum Gasteiger partial charge on any atom is -0.478 e. The van der Waals surface area contributed by atoms with E-state index in [2.05, 4.69) is 0 Å². The number of carbonyl (C=O) groups is 2. The molecule has 0 saturated heterocycles. The summed E-state index contributed by atoms with van der Waals surface area (Å²) in [6.45, 7) is 0. The monoisotopic (exact) mass is 329 g/mol. The van der Waals surface area contributed by atoms with E-state index in [4.69, 9.17) is 21.7 Å². The van der Waals surface area contributed by atoms with Crippen molar-refractivity contribution in [2.75, 3.05) is 11.5 Å². The van der Waals surface area contributed by atoms with Crippen LogP contribution in [0.1, 0.15) is 20.7 Å². The zero-order valence-electron chi connectivity index (χ0n) is 10.9. The number of nitrogens with two attached hydrogens (primary N) is 2. The van der Waals surface area contributed by atoms with E-state index in [9.17, 15) is 9.59 Å². The van der Waals surface area contributed by atoms with Crippen molar-refractivity contribution in [1.82, 2.24) is 0 Å². The quantitative estimate of drug-likeness (QED) is 0.492. The molecule has 2 rings (SSSR count). The molecular weight excluding hydrogens is 315 g/mol. The normalized spacial score (nSPS) is 8.76. The Labute approximate surface area is 131 Å². The number of carboxylic acid groups (broad SMARTS) is 2. The van der Waals surface area contributed by atoms with Crippen LogP contribution in [0.3, 0.4) is 0 Å². The zero-order chi connectivity index (χ0) is 15.1. The second-order valence-corrected chi connectivity index (χ2v) is 3.78. The summed E-state index contributed by atoms with van der Waals surface area (Å²) in [6, 6.07) is 12.7. The van der Waals surface area contributed by atoms with Gasteiger partial charge in [0.05, 0.1) is 11.1 Å². The van der Waals surface area contributed by atoms with E-state index in [1.807, 2.05) is 0 Å². The largest absolute Gasteiger partial charge is 0.478 e. The van der Waals surface area contributed by atoms with Gasteiger partial charge in [-0.3, -0.25) is 0 Å². The number of benzene rings is 2. The Morgan fingerprint density at radius 2 is 1.00 bits per heavy atom. The van der Waals surface area contributed by atoms with Crippen LogP contribution < -0.4 is 11.5 Å². The van der Waals surface area contributed by atoms with Crippen LogP contribution in [-0.2, 0) is 17.1 Å². The fraction of sp³-hybridized carbons (Fsp3) is 0. The van der Waals surface area contributed by atoms with Crippen LogP contribution in [0.4, 0.5) is 11.4 Å². The molecule has 0 bridgehead atoms. The van der Waals surface area contributed by atoms with Gasteiger partial charge in [0.2, 0.25) is 0 Å². The molecule has 0 heterocycles. The maximum Gasteiger partial charge on any atom is 0.337 e. The van der Waals surface area contributed by atoms with Crippen LogP contribution in [0.25, 0.3) is 0 Å². The summed E-state index contributed by atoms with van der Waals surface area (Å²) in [5.74, 6) is -1.98. The second-order valence-electron chi connectivity index (χ2n) is 3.78. The molecule has 0 amide bonds. The predicted molar refractivity (Wildman–Crippen MR) is 75.6 cm³/mol. The first-order chi connectivity index (χ1) is 9.43. The molecule has 0 aliphatic heterocycles. The van der Waals surface area contributed by atoms with Crippen LogP contribution >= 0.6 is 0 Å². The number of anilines is 2. The number of nitrogen functional groups attached to an aromatic ring is 2. The molecule has 111 valence electrons. The maximum absolute atomic E-state index is 10.3. The average Bonchev–Trinajstić information content (AvgIpc) is 2.40. The third-order valence-electron chi connectivity index (χ3n) is 2.38. The van der Waals surface area contributed by atoms with E-state index in [1.165, 1.54) is 12.1 Å². The summed E-state index contributed by atoms with van der Waals surface area (Å²) < 4.78 is 0. The minimum absolute atomic E-state index is 0. The van der Waals surface area contributed by atoms with Crippen molar-refractivity contribution in [2.24, 2.45) is 0 Å². The van der Waals surface area contributed by atoms with Crippen molar-refractivity contribution < 1.29 is 36.9 Å². The van der Waals surface area contributed by atoms with Gasteiger partial charge >= 0.3 is 11.9 Å². The molecular formula is C14H14MnN2O4. The molecule has 0 aliphatic carbocycles. The molecule has 7 heteroatoms. The van der Waals surface area contributed by atoms with Gasteiger partial charge in [-0.2, -0.15) is 0 Å². The first-order valence-corrected chi connectivity index (χ1v) is 5.59. The molecule has 6 N–H and O–H groups in total. The Morgan fingerprint density at radius 1 is 0.714 bits per heavy atom. The molecule has 0 aliphatic rings. The number of para-hydroxylation sites is 2. The Balaban J connectivity index is 0.000000364. The summed E-state index contributed by atoms with van der Waals surface area (Å²) >= 11 is 0. The van der Waals surface area contributed by atoms with Gasteiger partial charge in [0.1, 0.15) is 0 Å². The molecule has 0 saturated carbocycles. The van der Waals surface area contributed by atoms with Crippen LogP contribution in [-0.4, -0.2) is 22.2 Å².